The van der Waals surface area contributed by atoms with Gasteiger partial charge in [-0.25, -0.2) is 0 Å². The van der Waals surface area contributed by atoms with Crippen molar-refractivity contribution in [3.63, 3.8) is 0 Å². The number of fused-ring (bicyclic) bond motifs is 7. The number of nitrogens with zero attached hydrogens (tertiary/aromatic N) is 1. The lowest BCUT2D eigenvalue weighted by Crippen LogP contribution is -2.21. The van der Waals surface area contributed by atoms with Crippen molar-refractivity contribution in [1.82, 2.24) is 4.98 Å². The van der Waals surface area contributed by atoms with Gasteiger partial charge in [0.25, 0.3) is 0 Å². The second kappa shape index (κ2) is 6.40. The average Bonchev–Trinajstić information content (AvgIpc) is 3.18. The maximum atomic E-state index is 5.64. The first-order chi connectivity index (χ1) is 13.2. The average molecular weight is 361 g/mol. The summed E-state index contributed by atoms with van der Waals surface area (Å²) in [7, 11) is 3.43. The van der Waals surface area contributed by atoms with Crippen LogP contribution in [0, 0.1) is 11.8 Å². The number of aryl methyl sites for hydroxylation is 1. The molecule has 27 heavy (non-hydrogen) atoms. The largest absolute Gasteiger partial charge is 0.493 e. The number of aromatic nitrogens is 1. The predicted octanol–water partition coefficient (Wildman–Crippen LogP) is 5.48. The third-order valence-electron chi connectivity index (χ3n) is 6.89. The number of hydrogen-bond acceptors (Lipinski definition) is 3. The van der Waals surface area contributed by atoms with Crippen LogP contribution in [0.15, 0.2) is 24.4 Å². The summed E-state index contributed by atoms with van der Waals surface area (Å²) in [4.78, 5) is 4.96. The van der Waals surface area contributed by atoms with Gasteiger partial charge in [0.1, 0.15) is 0 Å². The summed E-state index contributed by atoms with van der Waals surface area (Å²) >= 11 is 0. The van der Waals surface area contributed by atoms with Crippen LogP contribution in [0.2, 0.25) is 0 Å². The topological polar surface area (TPSA) is 31.4 Å². The molecule has 3 heteroatoms. The van der Waals surface area contributed by atoms with E-state index in [1.807, 2.05) is 0 Å². The molecule has 1 saturated carbocycles. The van der Waals surface area contributed by atoms with E-state index < -0.39 is 0 Å². The van der Waals surface area contributed by atoms with Gasteiger partial charge in [-0.05, 0) is 89.6 Å². The smallest absolute Gasteiger partial charge is 0.161 e. The van der Waals surface area contributed by atoms with Gasteiger partial charge in [0, 0.05) is 11.6 Å². The van der Waals surface area contributed by atoms with Gasteiger partial charge >= 0.3 is 0 Å². The number of rotatable bonds is 3. The summed E-state index contributed by atoms with van der Waals surface area (Å²) in [6.45, 7) is 2.19. The molecule has 3 aromatic rings. The van der Waals surface area contributed by atoms with Crippen LogP contribution in [0.4, 0.5) is 0 Å². The Morgan fingerprint density at radius 3 is 2.22 bits per heavy atom. The molecule has 2 aliphatic carbocycles. The highest BCUT2D eigenvalue weighted by atomic mass is 16.5. The molecular weight excluding hydrogens is 334 g/mol. The number of hydrogen-bond donors (Lipinski definition) is 0. The highest BCUT2D eigenvalue weighted by Crippen LogP contribution is 2.47. The molecule has 0 saturated heterocycles. The Labute approximate surface area is 160 Å². The van der Waals surface area contributed by atoms with Gasteiger partial charge in [-0.1, -0.05) is 13.3 Å². The second-order valence-electron chi connectivity index (χ2n) is 8.16. The van der Waals surface area contributed by atoms with Gasteiger partial charge in [-0.2, -0.15) is 0 Å². The van der Waals surface area contributed by atoms with E-state index >= 15 is 0 Å². The molecule has 1 aromatic heterocycles. The number of pyridine rings is 1. The Bertz CT molecular complexity index is 1040. The normalized spacial score (nSPS) is 21.3. The van der Waals surface area contributed by atoms with Crippen LogP contribution in [-0.2, 0) is 19.3 Å². The lowest BCUT2D eigenvalue weighted by atomic mass is 9.75. The summed E-state index contributed by atoms with van der Waals surface area (Å²) in [5.74, 6) is 3.29. The molecule has 3 nitrogen and oxygen atoms in total. The van der Waals surface area contributed by atoms with Crippen molar-refractivity contribution in [3.8, 4) is 11.5 Å². The fraction of sp³-hybridized carbons (Fsp3) is 0.458. The van der Waals surface area contributed by atoms with Gasteiger partial charge < -0.3 is 9.47 Å². The molecule has 1 heterocycles. The summed E-state index contributed by atoms with van der Waals surface area (Å²) in [6.07, 6.45) is 9.55. The van der Waals surface area contributed by atoms with E-state index in [4.69, 9.17) is 14.5 Å². The first-order valence-corrected chi connectivity index (χ1v) is 10.2. The molecule has 140 valence electrons. The number of benzene rings is 2. The van der Waals surface area contributed by atoms with Crippen LogP contribution < -0.4 is 9.47 Å². The Morgan fingerprint density at radius 1 is 0.889 bits per heavy atom. The van der Waals surface area contributed by atoms with Crippen LogP contribution in [0.3, 0.4) is 0 Å². The van der Waals surface area contributed by atoms with Gasteiger partial charge in [0.05, 0.1) is 19.7 Å². The monoisotopic (exact) mass is 361 g/mol. The Kier molecular flexibility index (Phi) is 3.99. The third kappa shape index (κ3) is 2.51. The zero-order chi connectivity index (χ0) is 18.5. The zero-order valence-electron chi connectivity index (χ0n) is 16.5. The van der Waals surface area contributed by atoms with Crippen molar-refractivity contribution in [3.05, 3.63) is 41.1 Å². The second-order valence-corrected chi connectivity index (χ2v) is 8.16. The maximum absolute atomic E-state index is 5.64. The van der Waals surface area contributed by atoms with Crippen molar-refractivity contribution in [2.75, 3.05) is 14.2 Å². The van der Waals surface area contributed by atoms with E-state index in [0.717, 1.165) is 29.8 Å². The predicted molar refractivity (Wildman–Crippen MR) is 110 cm³/mol. The third-order valence-corrected chi connectivity index (χ3v) is 6.89. The molecule has 0 spiro atoms. The lowest BCUT2D eigenvalue weighted by molar-refractivity contribution is 0.355. The molecule has 2 unspecified atom stereocenters. The molecule has 0 radical (unpaired) electrons. The molecule has 0 aliphatic heterocycles. The van der Waals surface area contributed by atoms with Crippen LogP contribution in [0.25, 0.3) is 21.7 Å². The van der Waals surface area contributed by atoms with E-state index in [9.17, 15) is 0 Å². The number of ether oxygens (including phenoxy) is 2. The van der Waals surface area contributed by atoms with Gasteiger partial charge in [0.2, 0.25) is 0 Å². The lowest BCUT2D eigenvalue weighted by Gasteiger charge is -2.30. The zero-order valence-corrected chi connectivity index (χ0v) is 16.5. The number of methoxy groups -OCH3 is 2. The summed E-state index contributed by atoms with van der Waals surface area (Å²) in [6, 6.07) is 6.68. The van der Waals surface area contributed by atoms with Gasteiger partial charge in [-0.15, -0.1) is 0 Å². The van der Waals surface area contributed by atoms with Gasteiger partial charge in [-0.3, -0.25) is 4.98 Å². The molecule has 5 rings (SSSR count). The van der Waals surface area contributed by atoms with Crippen molar-refractivity contribution in [2.24, 2.45) is 11.8 Å². The maximum Gasteiger partial charge on any atom is 0.161 e. The molecule has 0 bridgehead atoms. The first kappa shape index (κ1) is 16.9. The summed E-state index contributed by atoms with van der Waals surface area (Å²) < 4.78 is 11.3. The van der Waals surface area contributed by atoms with Crippen LogP contribution in [-0.4, -0.2) is 19.2 Å². The quantitative estimate of drug-likeness (QED) is 0.579. The highest BCUT2D eigenvalue weighted by molar-refractivity contribution is 6.10. The Balaban J connectivity index is 1.88. The molecule has 2 aliphatic rings. The van der Waals surface area contributed by atoms with Crippen LogP contribution >= 0.6 is 0 Å². The van der Waals surface area contributed by atoms with E-state index in [2.05, 4.69) is 31.3 Å². The van der Waals surface area contributed by atoms with E-state index in [1.165, 1.54) is 70.5 Å². The molecule has 2 aromatic carbocycles. The van der Waals surface area contributed by atoms with Gasteiger partial charge in [0.15, 0.2) is 11.5 Å². The standard InChI is InChI=1S/C24H27NO2/c1-4-14-8-20-19-12-23(27-3)22(26-2)11-18(19)17-9-15-6-5-7-16(15)10-21(17)24(20)25-13-14/h8,11-13,15-16H,4-7,9-10H2,1-3H3. The van der Waals surface area contributed by atoms with Crippen molar-refractivity contribution >= 4 is 21.7 Å². The Morgan fingerprint density at radius 2 is 1.56 bits per heavy atom. The minimum atomic E-state index is 0.794. The van der Waals surface area contributed by atoms with E-state index in [1.54, 1.807) is 14.2 Å². The van der Waals surface area contributed by atoms with E-state index in [-0.39, 0.29) is 0 Å². The minimum absolute atomic E-state index is 0.794. The first-order valence-electron chi connectivity index (χ1n) is 10.2. The molecule has 2 atom stereocenters. The Hall–Kier alpha value is -2.29. The van der Waals surface area contributed by atoms with Crippen LogP contribution in [0.5, 0.6) is 11.5 Å². The van der Waals surface area contributed by atoms with Crippen molar-refractivity contribution in [1.29, 1.82) is 0 Å². The highest BCUT2D eigenvalue weighted by Gasteiger charge is 2.34. The van der Waals surface area contributed by atoms with Crippen molar-refractivity contribution in [2.45, 2.75) is 45.4 Å². The van der Waals surface area contributed by atoms with E-state index in [0.29, 0.717) is 0 Å². The summed E-state index contributed by atoms with van der Waals surface area (Å²) in [5, 5.41) is 3.84. The van der Waals surface area contributed by atoms with Crippen molar-refractivity contribution < 1.29 is 9.47 Å². The fourth-order valence-electron chi connectivity index (χ4n) is 5.43. The summed E-state index contributed by atoms with van der Waals surface area (Å²) in [5.41, 5.74) is 5.47. The molecular formula is C24H27NO2. The fourth-order valence-corrected chi connectivity index (χ4v) is 5.43. The molecule has 1 fully saturated rings. The molecule has 0 amide bonds. The molecule has 0 N–H and O–H groups in total. The SMILES string of the molecule is CCc1cnc2c3c(c4cc(OC)c(OC)cc4c2c1)CC1CCCC1C3. The minimum Gasteiger partial charge on any atom is -0.493 e. The van der Waals surface area contributed by atoms with Crippen LogP contribution in [0.1, 0.15) is 42.9 Å².